The Bertz CT molecular complexity index is 715. The third-order valence-corrected chi connectivity index (χ3v) is 4.25. The van der Waals surface area contributed by atoms with E-state index in [1.165, 1.54) is 0 Å². The molecule has 1 aliphatic carbocycles. The van der Waals surface area contributed by atoms with Gasteiger partial charge in [0.25, 0.3) is 5.69 Å². The number of rotatable bonds is 2. The van der Waals surface area contributed by atoms with Crippen molar-refractivity contribution in [1.29, 1.82) is 0 Å². The normalized spacial score (nSPS) is 27.2. The Morgan fingerprint density at radius 2 is 2.05 bits per heavy atom. The molecule has 2 aliphatic rings. The third-order valence-electron chi connectivity index (χ3n) is 4.25. The molecule has 1 saturated heterocycles. The van der Waals surface area contributed by atoms with Crippen molar-refractivity contribution in [2.75, 3.05) is 4.90 Å². The number of allylic oxidation sites excluding steroid dienone is 2. The molecule has 1 aromatic rings. The highest BCUT2D eigenvalue weighted by molar-refractivity contribution is 6.22. The maximum Gasteiger partial charge on any atom is 0.271 e. The number of fused-ring (bicyclic) bond motifs is 1. The van der Waals surface area contributed by atoms with Crippen molar-refractivity contribution in [3.63, 3.8) is 0 Å². The molecular weight excluding hydrogens is 291 g/mol. The zero-order valence-electron chi connectivity index (χ0n) is 11.7. The Kier molecular flexibility index (Phi) is 3.27. The van der Waals surface area contributed by atoms with E-state index in [9.17, 15) is 24.1 Å². The summed E-state index contributed by atoms with van der Waals surface area (Å²) >= 11 is 0. The molecule has 0 bridgehead atoms. The van der Waals surface area contributed by atoms with Gasteiger partial charge in [-0.05, 0) is 18.4 Å². The van der Waals surface area contributed by atoms with Crippen molar-refractivity contribution in [2.45, 2.75) is 13.3 Å². The largest absolute Gasteiger partial charge is 0.274 e. The van der Waals surface area contributed by atoms with Crippen LogP contribution in [-0.4, -0.2) is 16.7 Å². The molecule has 114 valence electrons. The molecule has 1 fully saturated rings. The fraction of sp³-hybridized carbons (Fsp3) is 0.333. The highest BCUT2D eigenvalue weighted by atomic mass is 19.1. The molecule has 1 heterocycles. The number of nitrogens with zero attached hydrogens (tertiary/aromatic N) is 2. The molecule has 0 spiro atoms. The molecule has 6 nitrogen and oxygen atoms in total. The molecule has 1 aromatic carbocycles. The topological polar surface area (TPSA) is 80.5 Å². The minimum atomic E-state index is -0.827. The number of carbonyl (C=O) groups is 2. The van der Waals surface area contributed by atoms with E-state index < -0.39 is 34.4 Å². The van der Waals surface area contributed by atoms with Gasteiger partial charge in [-0.3, -0.25) is 19.7 Å². The summed E-state index contributed by atoms with van der Waals surface area (Å²) < 4.78 is 14.0. The van der Waals surface area contributed by atoms with Crippen molar-refractivity contribution in [2.24, 2.45) is 17.8 Å². The molecule has 7 heteroatoms. The van der Waals surface area contributed by atoms with E-state index in [0.717, 1.165) is 23.1 Å². The monoisotopic (exact) mass is 304 g/mol. The lowest BCUT2D eigenvalue weighted by Gasteiger charge is -2.22. The number of amides is 2. The molecular formula is C15H13FN2O4. The quantitative estimate of drug-likeness (QED) is 0.364. The number of non-ortho nitro benzene ring substituents is 1. The van der Waals surface area contributed by atoms with Gasteiger partial charge in [-0.1, -0.05) is 19.1 Å². The number of hydrogen-bond donors (Lipinski definition) is 0. The highest BCUT2D eigenvalue weighted by Crippen LogP contribution is 2.41. The van der Waals surface area contributed by atoms with Crippen molar-refractivity contribution in [1.82, 2.24) is 0 Å². The Hall–Kier alpha value is -2.57. The number of nitro benzene ring substituents is 1. The molecule has 3 unspecified atom stereocenters. The first-order valence-electron chi connectivity index (χ1n) is 6.90. The number of halogens is 1. The van der Waals surface area contributed by atoms with Gasteiger partial charge >= 0.3 is 0 Å². The van der Waals surface area contributed by atoms with E-state index >= 15 is 0 Å². The van der Waals surface area contributed by atoms with Crippen molar-refractivity contribution in [3.05, 3.63) is 46.3 Å². The summed E-state index contributed by atoms with van der Waals surface area (Å²) in [6.45, 7) is 1.83. The van der Waals surface area contributed by atoms with Crippen LogP contribution in [0.3, 0.4) is 0 Å². The van der Waals surface area contributed by atoms with E-state index in [2.05, 4.69) is 0 Å². The van der Waals surface area contributed by atoms with Crippen LogP contribution < -0.4 is 4.90 Å². The van der Waals surface area contributed by atoms with Crippen LogP contribution in [0, 0.1) is 33.7 Å². The van der Waals surface area contributed by atoms with Gasteiger partial charge in [0.1, 0.15) is 5.82 Å². The minimum Gasteiger partial charge on any atom is -0.274 e. The summed E-state index contributed by atoms with van der Waals surface area (Å²) in [7, 11) is 0. The van der Waals surface area contributed by atoms with Crippen molar-refractivity contribution >= 4 is 23.2 Å². The minimum absolute atomic E-state index is 0.123. The molecule has 3 rings (SSSR count). The summed E-state index contributed by atoms with van der Waals surface area (Å²) in [4.78, 5) is 35.9. The van der Waals surface area contributed by atoms with Crippen LogP contribution in [0.25, 0.3) is 0 Å². The number of hydrogen-bond acceptors (Lipinski definition) is 4. The van der Waals surface area contributed by atoms with Crippen LogP contribution in [0.5, 0.6) is 0 Å². The highest BCUT2D eigenvalue weighted by Gasteiger charge is 2.51. The van der Waals surface area contributed by atoms with Crippen LogP contribution in [0.1, 0.15) is 13.3 Å². The van der Waals surface area contributed by atoms with Crippen molar-refractivity contribution in [3.8, 4) is 0 Å². The van der Waals surface area contributed by atoms with Gasteiger partial charge in [-0.25, -0.2) is 9.29 Å². The fourth-order valence-electron chi connectivity index (χ4n) is 3.17. The number of carbonyl (C=O) groups excluding carboxylic acids is 2. The van der Waals surface area contributed by atoms with Gasteiger partial charge in [0.2, 0.25) is 11.8 Å². The average molecular weight is 304 g/mol. The standard InChI is InChI=1S/C15H13FN2O4/c1-8-3-2-4-10-13(8)15(20)17(14(10)19)12-7-9(18(21)22)5-6-11(12)16/h2-3,5-8,10,13H,4H2,1H3. The van der Waals surface area contributed by atoms with Gasteiger partial charge in [-0.15, -0.1) is 0 Å². The van der Waals surface area contributed by atoms with E-state index in [-0.39, 0.29) is 17.3 Å². The maximum atomic E-state index is 14.0. The second-order valence-corrected chi connectivity index (χ2v) is 5.56. The van der Waals surface area contributed by atoms with Crippen LogP contribution in [-0.2, 0) is 9.59 Å². The van der Waals surface area contributed by atoms with Gasteiger partial charge in [0, 0.05) is 12.1 Å². The zero-order chi connectivity index (χ0) is 16.0. The fourth-order valence-corrected chi connectivity index (χ4v) is 3.17. The zero-order valence-corrected chi connectivity index (χ0v) is 11.7. The lowest BCUT2D eigenvalue weighted by Crippen LogP contribution is -2.32. The second kappa shape index (κ2) is 5.01. The Balaban J connectivity index is 2.06. The van der Waals surface area contributed by atoms with Gasteiger partial charge in [0.15, 0.2) is 0 Å². The number of imide groups is 1. The summed E-state index contributed by atoms with van der Waals surface area (Å²) in [6.07, 6.45) is 4.12. The number of nitro groups is 1. The molecule has 0 radical (unpaired) electrons. The number of anilines is 1. The molecule has 3 atom stereocenters. The lowest BCUT2D eigenvalue weighted by molar-refractivity contribution is -0.384. The molecule has 0 N–H and O–H groups in total. The summed E-state index contributed by atoms with van der Waals surface area (Å²) in [5.41, 5.74) is -0.705. The average Bonchev–Trinajstić information content (AvgIpc) is 2.72. The molecule has 22 heavy (non-hydrogen) atoms. The smallest absolute Gasteiger partial charge is 0.271 e. The summed E-state index contributed by atoms with van der Waals surface area (Å²) in [5.74, 6) is -2.99. The van der Waals surface area contributed by atoms with Gasteiger partial charge < -0.3 is 0 Å². The number of benzene rings is 1. The first kappa shape index (κ1) is 14.4. The Morgan fingerprint density at radius 3 is 2.68 bits per heavy atom. The lowest BCUT2D eigenvalue weighted by atomic mass is 9.78. The van der Waals surface area contributed by atoms with E-state index in [1.54, 1.807) is 0 Å². The second-order valence-electron chi connectivity index (χ2n) is 5.56. The third kappa shape index (κ3) is 2.01. The van der Waals surface area contributed by atoms with Crippen LogP contribution in [0.2, 0.25) is 0 Å². The van der Waals surface area contributed by atoms with E-state index in [0.29, 0.717) is 6.42 Å². The van der Waals surface area contributed by atoms with Crippen LogP contribution in [0.15, 0.2) is 30.4 Å². The van der Waals surface area contributed by atoms with E-state index in [4.69, 9.17) is 0 Å². The predicted molar refractivity (Wildman–Crippen MR) is 75.4 cm³/mol. The predicted octanol–water partition coefficient (Wildman–Crippen LogP) is 2.44. The summed E-state index contributed by atoms with van der Waals surface area (Å²) in [6, 6.07) is 2.83. The Morgan fingerprint density at radius 1 is 1.32 bits per heavy atom. The van der Waals surface area contributed by atoms with E-state index in [1.807, 2.05) is 19.1 Å². The van der Waals surface area contributed by atoms with Crippen LogP contribution >= 0.6 is 0 Å². The molecule has 2 amide bonds. The van der Waals surface area contributed by atoms with Crippen LogP contribution in [0.4, 0.5) is 15.8 Å². The van der Waals surface area contributed by atoms with Gasteiger partial charge in [-0.2, -0.15) is 0 Å². The SMILES string of the molecule is CC1C=CCC2C(=O)N(c3cc([N+](=O)[O-])ccc3F)C(=O)C12. The first-order valence-corrected chi connectivity index (χ1v) is 6.90. The first-order chi connectivity index (χ1) is 10.4. The van der Waals surface area contributed by atoms with Crippen molar-refractivity contribution < 1.29 is 18.9 Å². The molecule has 1 aliphatic heterocycles. The summed E-state index contributed by atoms with van der Waals surface area (Å²) in [5, 5.41) is 10.8. The Labute approximate surface area is 125 Å². The van der Waals surface area contributed by atoms with Gasteiger partial charge in [0.05, 0.1) is 22.4 Å². The maximum absolute atomic E-state index is 14.0. The molecule has 0 aromatic heterocycles. The molecule has 0 saturated carbocycles.